The van der Waals surface area contributed by atoms with Crippen molar-refractivity contribution in [3.63, 3.8) is 0 Å². The summed E-state index contributed by atoms with van der Waals surface area (Å²) in [7, 11) is 3.14. The number of methoxy groups -OCH3 is 2. The van der Waals surface area contributed by atoms with E-state index in [2.05, 4.69) is 5.32 Å². The van der Waals surface area contributed by atoms with Crippen LogP contribution in [0.25, 0.3) is 0 Å². The van der Waals surface area contributed by atoms with E-state index in [1.165, 1.54) is 0 Å². The number of Topliss-reactive ketones (excluding diaryl/α,β-unsaturated/α-hetero) is 1. The third kappa shape index (κ3) is 2.47. The van der Waals surface area contributed by atoms with Gasteiger partial charge in [-0.15, -0.1) is 0 Å². The van der Waals surface area contributed by atoms with Gasteiger partial charge in [-0.3, -0.25) is 4.79 Å². The Balaban J connectivity index is 2.27. The predicted octanol–water partition coefficient (Wildman–Crippen LogP) is 2.15. The number of carbonyl (C=O) groups excluding carboxylic acids is 1. The van der Waals surface area contributed by atoms with E-state index in [-0.39, 0.29) is 5.78 Å². The lowest BCUT2D eigenvalue weighted by Crippen LogP contribution is -2.18. The van der Waals surface area contributed by atoms with Crippen molar-refractivity contribution in [3.8, 4) is 11.5 Å². The molecule has 4 nitrogen and oxygen atoms in total. The topological polar surface area (TPSA) is 47.6 Å². The highest BCUT2D eigenvalue weighted by molar-refractivity contribution is 6.09. The Kier molecular flexibility index (Phi) is 3.87. The molecule has 2 rings (SSSR count). The summed E-state index contributed by atoms with van der Waals surface area (Å²) in [5, 5.41) is 3.10. The monoisotopic (exact) mass is 247 g/mol. The van der Waals surface area contributed by atoms with Crippen LogP contribution in [0.4, 0.5) is 0 Å². The first kappa shape index (κ1) is 12.5. The van der Waals surface area contributed by atoms with Crippen LogP contribution in [-0.2, 0) is 0 Å². The maximum atomic E-state index is 12.3. The number of ether oxygens (including phenoxy) is 2. The smallest absolute Gasteiger partial charge is 0.190 e. The van der Waals surface area contributed by atoms with Gasteiger partial charge in [-0.25, -0.2) is 0 Å². The molecule has 1 aliphatic heterocycles. The third-order valence-corrected chi connectivity index (χ3v) is 2.98. The second-order valence-electron chi connectivity index (χ2n) is 4.13. The molecule has 0 radical (unpaired) electrons. The molecule has 0 atom stereocenters. The molecule has 0 aromatic heterocycles. The number of nitrogens with one attached hydrogen (secondary N) is 1. The van der Waals surface area contributed by atoms with Crippen molar-refractivity contribution < 1.29 is 14.3 Å². The van der Waals surface area contributed by atoms with E-state index in [9.17, 15) is 4.79 Å². The summed E-state index contributed by atoms with van der Waals surface area (Å²) in [5.41, 5.74) is 1.44. The summed E-state index contributed by atoms with van der Waals surface area (Å²) in [5.74, 6) is 1.25. The summed E-state index contributed by atoms with van der Waals surface area (Å²) in [4.78, 5) is 12.3. The number of rotatable bonds is 4. The van der Waals surface area contributed by atoms with Gasteiger partial charge in [-0.1, -0.05) is 0 Å². The minimum absolute atomic E-state index is 0.0446. The number of hydrogen-bond donors (Lipinski definition) is 1. The molecular formula is C14H17NO3. The first-order chi connectivity index (χ1) is 8.76. The van der Waals surface area contributed by atoms with Crippen LogP contribution in [0.15, 0.2) is 30.0 Å². The molecule has 0 unspecified atom stereocenters. The Morgan fingerprint density at radius 3 is 2.61 bits per heavy atom. The van der Waals surface area contributed by atoms with Crippen molar-refractivity contribution in [2.75, 3.05) is 20.8 Å². The van der Waals surface area contributed by atoms with E-state index >= 15 is 0 Å². The number of hydrogen-bond acceptors (Lipinski definition) is 4. The molecule has 0 aliphatic carbocycles. The highest BCUT2D eigenvalue weighted by atomic mass is 16.5. The van der Waals surface area contributed by atoms with Crippen molar-refractivity contribution >= 4 is 5.78 Å². The largest absolute Gasteiger partial charge is 0.493 e. The van der Waals surface area contributed by atoms with Crippen LogP contribution in [0.5, 0.6) is 11.5 Å². The SMILES string of the molecule is COc1ccc(C(=O)C2=CNCCC2)cc1OC. The zero-order valence-electron chi connectivity index (χ0n) is 10.7. The van der Waals surface area contributed by atoms with E-state index < -0.39 is 0 Å². The Labute approximate surface area is 107 Å². The van der Waals surface area contributed by atoms with Gasteiger partial charge in [0.15, 0.2) is 17.3 Å². The summed E-state index contributed by atoms with van der Waals surface area (Å²) < 4.78 is 10.4. The molecule has 18 heavy (non-hydrogen) atoms. The molecule has 96 valence electrons. The van der Waals surface area contributed by atoms with Crippen molar-refractivity contribution in [1.29, 1.82) is 0 Å². The van der Waals surface area contributed by atoms with Gasteiger partial charge in [-0.2, -0.15) is 0 Å². The first-order valence-electron chi connectivity index (χ1n) is 5.95. The van der Waals surface area contributed by atoms with Crippen molar-refractivity contribution in [3.05, 3.63) is 35.5 Å². The standard InChI is InChI=1S/C14H17NO3/c1-17-12-6-5-10(8-13(12)18-2)14(16)11-4-3-7-15-9-11/h5-6,8-9,15H,3-4,7H2,1-2H3. The fourth-order valence-electron chi connectivity index (χ4n) is 1.99. The molecule has 1 aliphatic rings. The summed E-state index contributed by atoms with van der Waals surface area (Å²) in [6.45, 7) is 0.933. The van der Waals surface area contributed by atoms with Gasteiger partial charge >= 0.3 is 0 Å². The second kappa shape index (κ2) is 5.58. The van der Waals surface area contributed by atoms with Crippen molar-refractivity contribution in [2.45, 2.75) is 12.8 Å². The van der Waals surface area contributed by atoms with Crippen LogP contribution in [-0.4, -0.2) is 26.5 Å². The average molecular weight is 247 g/mol. The fraction of sp³-hybridized carbons (Fsp3) is 0.357. The van der Waals surface area contributed by atoms with Crippen LogP contribution in [0.1, 0.15) is 23.2 Å². The molecule has 4 heteroatoms. The van der Waals surface area contributed by atoms with E-state index in [4.69, 9.17) is 9.47 Å². The van der Waals surface area contributed by atoms with E-state index in [1.54, 1.807) is 32.4 Å². The van der Waals surface area contributed by atoms with Crippen LogP contribution in [0, 0.1) is 0 Å². The summed E-state index contributed by atoms with van der Waals surface area (Å²) in [6.07, 6.45) is 3.62. The van der Waals surface area contributed by atoms with Crippen molar-refractivity contribution in [1.82, 2.24) is 5.32 Å². The van der Waals surface area contributed by atoms with Gasteiger partial charge in [0.1, 0.15) is 0 Å². The Bertz CT molecular complexity index is 480. The average Bonchev–Trinajstić information content (AvgIpc) is 2.46. The number of benzene rings is 1. The highest BCUT2D eigenvalue weighted by Gasteiger charge is 2.16. The van der Waals surface area contributed by atoms with Gasteiger partial charge < -0.3 is 14.8 Å². The Hall–Kier alpha value is -1.97. The first-order valence-corrected chi connectivity index (χ1v) is 5.95. The fourth-order valence-corrected chi connectivity index (χ4v) is 1.99. The lowest BCUT2D eigenvalue weighted by atomic mass is 9.98. The normalized spacial score (nSPS) is 14.4. The molecule has 0 fully saturated rings. The van der Waals surface area contributed by atoms with Gasteiger partial charge in [0, 0.05) is 23.9 Å². The van der Waals surface area contributed by atoms with Gasteiger partial charge in [0.05, 0.1) is 14.2 Å². The molecule has 0 saturated heterocycles. The predicted molar refractivity (Wildman–Crippen MR) is 69.2 cm³/mol. The van der Waals surface area contributed by atoms with Gasteiger partial charge in [-0.05, 0) is 31.0 Å². The lowest BCUT2D eigenvalue weighted by molar-refractivity contribution is 0.102. The van der Waals surface area contributed by atoms with Crippen LogP contribution >= 0.6 is 0 Å². The molecule has 1 aromatic carbocycles. The Morgan fingerprint density at radius 1 is 1.22 bits per heavy atom. The van der Waals surface area contributed by atoms with E-state index in [1.807, 2.05) is 6.20 Å². The molecular weight excluding hydrogens is 230 g/mol. The van der Waals surface area contributed by atoms with E-state index in [0.717, 1.165) is 25.0 Å². The van der Waals surface area contributed by atoms with Gasteiger partial charge in [0.2, 0.25) is 0 Å². The molecule has 0 bridgehead atoms. The zero-order chi connectivity index (χ0) is 13.0. The molecule has 1 heterocycles. The lowest BCUT2D eigenvalue weighted by Gasteiger charge is -2.14. The van der Waals surface area contributed by atoms with Crippen molar-refractivity contribution in [2.24, 2.45) is 0 Å². The molecule has 0 spiro atoms. The van der Waals surface area contributed by atoms with E-state index in [0.29, 0.717) is 17.1 Å². The number of carbonyl (C=O) groups is 1. The molecule has 0 saturated carbocycles. The second-order valence-corrected chi connectivity index (χ2v) is 4.13. The highest BCUT2D eigenvalue weighted by Crippen LogP contribution is 2.29. The van der Waals surface area contributed by atoms with Crippen LogP contribution < -0.4 is 14.8 Å². The molecule has 0 amide bonds. The number of allylic oxidation sites excluding steroid dienone is 1. The summed E-state index contributed by atoms with van der Waals surface area (Å²) >= 11 is 0. The minimum Gasteiger partial charge on any atom is -0.493 e. The minimum atomic E-state index is 0.0446. The van der Waals surface area contributed by atoms with Crippen LogP contribution in [0.3, 0.4) is 0 Å². The molecule has 1 N–H and O–H groups in total. The number of ketones is 1. The maximum Gasteiger partial charge on any atom is 0.190 e. The quantitative estimate of drug-likeness (QED) is 0.828. The maximum absolute atomic E-state index is 12.3. The third-order valence-electron chi connectivity index (χ3n) is 2.98. The van der Waals surface area contributed by atoms with Gasteiger partial charge in [0.25, 0.3) is 0 Å². The Morgan fingerprint density at radius 2 is 2.00 bits per heavy atom. The van der Waals surface area contributed by atoms with Crippen LogP contribution in [0.2, 0.25) is 0 Å². The summed E-state index contributed by atoms with van der Waals surface area (Å²) in [6, 6.07) is 5.23. The molecule has 1 aromatic rings. The zero-order valence-corrected chi connectivity index (χ0v) is 10.7.